The molecular formula is C48H29N5. The number of rotatable bonds is 3. The number of imidazole rings is 1. The van der Waals surface area contributed by atoms with Crippen LogP contribution in [0.25, 0.3) is 105 Å². The molecule has 0 saturated carbocycles. The van der Waals surface area contributed by atoms with E-state index >= 15 is 0 Å². The van der Waals surface area contributed by atoms with Crippen LogP contribution in [0.3, 0.4) is 0 Å². The average Bonchev–Trinajstić information content (AvgIpc) is 3.89. The van der Waals surface area contributed by atoms with Crippen molar-refractivity contribution in [2.75, 3.05) is 0 Å². The Hall–Kier alpha value is -7.24. The van der Waals surface area contributed by atoms with E-state index < -0.39 is 0 Å². The smallest absolute Gasteiger partial charge is 0.146 e. The summed E-state index contributed by atoms with van der Waals surface area (Å²) in [4.78, 5) is 10.2. The van der Waals surface area contributed by atoms with Gasteiger partial charge in [0.1, 0.15) is 11.5 Å². The molecule has 5 heterocycles. The van der Waals surface area contributed by atoms with E-state index in [2.05, 4.69) is 183 Å². The first kappa shape index (κ1) is 28.5. The summed E-state index contributed by atoms with van der Waals surface area (Å²) in [7, 11) is 0. The van der Waals surface area contributed by atoms with Gasteiger partial charge in [-0.1, -0.05) is 97.1 Å². The van der Waals surface area contributed by atoms with E-state index in [4.69, 9.17) is 9.97 Å². The maximum atomic E-state index is 5.13. The molecule has 0 aliphatic carbocycles. The van der Waals surface area contributed by atoms with Crippen LogP contribution in [0.5, 0.6) is 0 Å². The summed E-state index contributed by atoms with van der Waals surface area (Å²) in [6.07, 6.45) is 1.94. The number of aromatic nitrogens is 5. The van der Waals surface area contributed by atoms with Crippen LogP contribution in [0.15, 0.2) is 176 Å². The van der Waals surface area contributed by atoms with Gasteiger partial charge in [0.05, 0.1) is 38.6 Å². The summed E-state index contributed by atoms with van der Waals surface area (Å²) in [5.74, 6) is 0.887. The molecule has 0 radical (unpaired) electrons. The minimum atomic E-state index is 0.887. The predicted octanol–water partition coefficient (Wildman–Crippen LogP) is 12.1. The minimum Gasteiger partial charge on any atom is -0.309 e. The van der Waals surface area contributed by atoms with E-state index in [0.29, 0.717) is 0 Å². The van der Waals surface area contributed by atoms with Gasteiger partial charge in [-0.3, -0.25) is 8.97 Å². The highest BCUT2D eigenvalue weighted by molar-refractivity contribution is 6.29. The highest BCUT2D eigenvalue weighted by Gasteiger charge is 2.21. The number of benzene rings is 7. The summed E-state index contributed by atoms with van der Waals surface area (Å²) in [5, 5.41) is 8.45. The summed E-state index contributed by atoms with van der Waals surface area (Å²) in [5.41, 5.74) is 12.3. The topological polar surface area (TPSA) is 40.0 Å². The lowest BCUT2D eigenvalue weighted by Gasteiger charge is -2.12. The Kier molecular flexibility index (Phi) is 5.71. The van der Waals surface area contributed by atoms with E-state index in [1.165, 1.54) is 43.4 Å². The van der Waals surface area contributed by atoms with Gasteiger partial charge in [-0.2, -0.15) is 0 Å². The van der Waals surface area contributed by atoms with Gasteiger partial charge in [-0.05, 0) is 89.3 Å². The van der Waals surface area contributed by atoms with Gasteiger partial charge in [-0.15, -0.1) is 0 Å². The van der Waals surface area contributed by atoms with Gasteiger partial charge in [-0.25, -0.2) is 9.97 Å². The molecule has 5 nitrogen and oxygen atoms in total. The largest absolute Gasteiger partial charge is 0.309 e. The number of hydrogen-bond donors (Lipinski definition) is 0. The van der Waals surface area contributed by atoms with Gasteiger partial charge >= 0.3 is 0 Å². The zero-order valence-electron chi connectivity index (χ0n) is 28.5. The molecule has 0 saturated heterocycles. The fourth-order valence-electron chi connectivity index (χ4n) is 8.83. The molecule has 0 aliphatic rings. The van der Waals surface area contributed by atoms with Crippen molar-refractivity contribution in [3.05, 3.63) is 176 Å². The molecule has 12 rings (SSSR count). The summed E-state index contributed by atoms with van der Waals surface area (Å²) in [6.45, 7) is 0. The van der Waals surface area contributed by atoms with Crippen molar-refractivity contribution in [2.24, 2.45) is 0 Å². The summed E-state index contributed by atoms with van der Waals surface area (Å²) >= 11 is 0. The first-order valence-corrected chi connectivity index (χ1v) is 18.0. The quantitative estimate of drug-likeness (QED) is 0.175. The van der Waals surface area contributed by atoms with Gasteiger partial charge < -0.3 is 4.57 Å². The molecule has 5 aromatic heterocycles. The standard InChI is InChI=1S/C48H29N5/c1-2-12-32(13-3-1)51-39-19-9-6-14-33(39)37-28-30(22-23-41(37)51)31-26-27-49-45(29-31)52-40-20-10-7-17-36(40)47-43(52)24-25-44-46(47)34-15-4-5-16-35(34)48-50-38-18-8-11-21-42(38)53(44)48/h1-29H. The average molecular weight is 676 g/mol. The Labute approximate surface area is 303 Å². The lowest BCUT2D eigenvalue weighted by molar-refractivity contribution is 1.08. The van der Waals surface area contributed by atoms with Gasteiger partial charge in [0.15, 0.2) is 0 Å². The number of pyridine rings is 2. The van der Waals surface area contributed by atoms with Crippen LogP contribution in [-0.4, -0.2) is 23.5 Å². The van der Waals surface area contributed by atoms with Gasteiger partial charge in [0.25, 0.3) is 0 Å². The van der Waals surface area contributed by atoms with Crippen LogP contribution in [-0.2, 0) is 0 Å². The predicted molar refractivity (Wildman–Crippen MR) is 220 cm³/mol. The SMILES string of the molecule is c1ccc(-n2c3ccccc3c3cc(-c4ccnc(-n5c6ccccc6c6c7c8ccccc8c8nc9ccccc9n8c7ccc65)c4)ccc32)cc1. The number of nitrogens with zero attached hydrogens (tertiary/aromatic N) is 5. The summed E-state index contributed by atoms with van der Waals surface area (Å²) in [6, 6.07) is 60.9. The van der Waals surface area contributed by atoms with E-state index in [1.807, 2.05) is 6.20 Å². The highest BCUT2D eigenvalue weighted by Crippen LogP contribution is 2.42. The molecule has 0 amide bonds. The Morgan fingerprint density at radius 3 is 1.83 bits per heavy atom. The normalized spacial score (nSPS) is 12.2. The van der Waals surface area contributed by atoms with Crippen molar-refractivity contribution >= 4 is 82.0 Å². The second-order valence-electron chi connectivity index (χ2n) is 13.8. The van der Waals surface area contributed by atoms with Crippen molar-refractivity contribution in [2.45, 2.75) is 0 Å². The zero-order valence-corrected chi connectivity index (χ0v) is 28.5. The lowest BCUT2D eigenvalue weighted by Crippen LogP contribution is -1.98. The first-order chi connectivity index (χ1) is 26.3. The van der Waals surface area contributed by atoms with Crippen LogP contribution in [0.1, 0.15) is 0 Å². The van der Waals surface area contributed by atoms with Crippen LogP contribution >= 0.6 is 0 Å². The summed E-state index contributed by atoms with van der Waals surface area (Å²) < 4.78 is 7.03. The minimum absolute atomic E-state index is 0.887. The molecule has 0 N–H and O–H groups in total. The van der Waals surface area contributed by atoms with Crippen molar-refractivity contribution in [1.82, 2.24) is 23.5 Å². The maximum absolute atomic E-state index is 5.13. The van der Waals surface area contributed by atoms with Gasteiger partial charge in [0, 0.05) is 44.2 Å². The third kappa shape index (κ3) is 3.91. The Morgan fingerprint density at radius 2 is 0.981 bits per heavy atom. The lowest BCUT2D eigenvalue weighted by atomic mass is 10.0. The molecule has 0 unspecified atom stereocenters. The van der Waals surface area contributed by atoms with Crippen LogP contribution < -0.4 is 0 Å². The molecule has 246 valence electrons. The van der Waals surface area contributed by atoms with Crippen LogP contribution in [0, 0.1) is 0 Å². The van der Waals surface area contributed by atoms with Crippen LogP contribution in [0.4, 0.5) is 0 Å². The second kappa shape index (κ2) is 10.6. The third-order valence-electron chi connectivity index (χ3n) is 11.1. The van der Waals surface area contributed by atoms with E-state index in [-0.39, 0.29) is 0 Å². The van der Waals surface area contributed by atoms with Crippen molar-refractivity contribution < 1.29 is 0 Å². The van der Waals surface area contributed by atoms with Crippen molar-refractivity contribution in [1.29, 1.82) is 0 Å². The van der Waals surface area contributed by atoms with E-state index in [0.717, 1.165) is 61.2 Å². The maximum Gasteiger partial charge on any atom is 0.146 e. The van der Waals surface area contributed by atoms with Gasteiger partial charge in [0.2, 0.25) is 0 Å². The van der Waals surface area contributed by atoms with Crippen molar-refractivity contribution in [3.8, 4) is 22.6 Å². The Bertz CT molecular complexity index is 3460. The third-order valence-corrected chi connectivity index (χ3v) is 11.1. The first-order valence-electron chi connectivity index (χ1n) is 18.0. The molecule has 0 spiro atoms. The molecule has 53 heavy (non-hydrogen) atoms. The molecule has 0 aliphatic heterocycles. The molecule has 7 aromatic carbocycles. The van der Waals surface area contributed by atoms with Crippen LogP contribution in [0.2, 0.25) is 0 Å². The molecule has 0 atom stereocenters. The van der Waals surface area contributed by atoms with E-state index in [1.54, 1.807) is 0 Å². The van der Waals surface area contributed by atoms with E-state index in [9.17, 15) is 0 Å². The van der Waals surface area contributed by atoms with Crippen molar-refractivity contribution in [3.63, 3.8) is 0 Å². The number of hydrogen-bond acceptors (Lipinski definition) is 2. The fourth-order valence-corrected chi connectivity index (χ4v) is 8.83. The molecule has 12 aromatic rings. The molecule has 0 bridgehead atoms. The Morgan fingerprint density at radius 1 is 0.377 bits per heavy atom. The number of para-hydroxylation sites is 5. The fraction of sp³-hybridized carbons (Fsp3) is 0. The number of fused-ring (bicyclic) bond motifs is 15. The molecule has 0 fully saturated rings. The molecule has 5 heteroatoms. The molecular weight excluding hydrogens is 647 g/mol. The zero-order chi connectivity index (χ0) is 34.6. The second-order valence-corrected chi connectivity index (χ2v) is 13.8. The monoisotopic (exact) mass is 675 g/mol. The highest BCUT2D eigenvalue weighted by atomic mass is 15.1. The Balaban J connectivity index is 1.12.